The minimum absolute atomic E-state index is 0.0683. The first-order valence-corrected chi connectivity index (χ1v) is 11.7. The van der Waals surface area contributed by atoms with Crippen LogP contribution in [0.4, 0.5) is 11.5 Å². The van der Waals surface area contributed by atoms with Gasteiger partial charge in [-0.3, -0.25) is 4.79 Å². The highest BCUT2D eigenvalue weighted by Gasteiger charge is 2.27. The van der Waals surface area contributed by atoms with Gasteiger partial charge in [0.05, 0.1) is 11.6 Å². The molecule has 1 unspecified atom stereocenters. The Bertz CT molecular complexity index is 1020. The van der Waals surface area contributed by atoms with E-state index in [1.54, 1.807) is 0 Å². The van der Waals surface area contributed by atoms with Gasteiger partial charge < -0.3 is 10.2 Å². The van der Waals surface area contributed by atoms with Crippen molar-refractivity contribution in [2.24, 2.45) is 5.92 Å². The number of nitrogens with zero attached hydrogens (tertiary/aromatic N) is 3. The van der Waals surface area contributed by atoms with Crippen LogP contribution in [-0.2, 0) is 11.2 Å². The molecule has 32 heavy (non-hydrogen) atoms. The van der Waals surface area contributed by atoms with Gasteiger partial charge in [-0.15, -0.1) is 10.2 Å². The molecule has 1 N–H and O–H groups in total. The van der Waals surface area contributed by atoms with Gasteiger partial charge in [-0.25, -0.2) is 0 Å². The third-order valence-electron chi connectivity index (χ3n) is 5.95. The van der Waals surface area contributed by atoms with Crippen molar-refractivity contribution >= 4 is 29.0 Å². The van der Waals surface area contributed by atoms with Gasteiger partial charge in [0.25, 0.3) is 0 Å². The summed E-state index contributed by atoms with van der Waals surface area (Å²) in [6, 6.07) is 19.7. The molecule has 0 spiro atoms. The predicted octanol–water partition coefficient (Wildman–Crippen LogP) is 5.99. The zero-order valence-corrected chi connectivity index (χ0v) is 19.2. The molecule has 1 atom stereocenters. The molecule has 1 fully saturated rings. The van der Waals surface area contributed by atoms with E-state index < -0.39 is 0 Å². The summed E-state index contributed by atoms with van der Waals surface area (Å²) in [4.78, 5) is 15.0. The van der Waals surface area contributed by atoms with Gasteiger partial charge in [0.1, 0.15) is 0 Å². The lowest BCUT2D eigenvalue weighted by atomic mass is 9.97. The Morgan fingerprint density at radius 2 is 1.84 bits per heavy atom. The summed E-state index contributed by atoms with van der Waals surface area (Å²) in [5.41, 5.74) is 3.96. The lowest BCUT2D eigenvalue weighted by Crippen LogP contribution is -2.41. The van der Waals surface area contributed by atoms with Crippen molar-refractivity contribution in [1.82, 2.24) is 10.2 Å². The Morgan fingerprint density at radius 3 is 2.53 bits per heavy atom. The van der Waals surface area contributed by atoms with Gasteiger partial charge in [0, 0.05) is 29.4 Å². The number of carbonyl (C=O) groups is 1. The van der Waals surface area contributed by atoms with Crippen LogP contribution in [0.3, 0.4) is 0 Å². The summed E-state index contributed by atoms with van der Waals surface area (Å²) in [5, 5.41) is 12.6. The summed E-state index contributed by atoms with van der Waals surface area (Å²) in [6.07, 6.45) is 5.29. The second-order valence-corrected chi connectivity index (χ2v) is 8.79. The molecule has 3 aromatic rings. The van der Waals surface area contributed by atoms with E-state index in [0.29, 0.717) is 11.6 Å². The number of hydrogen-bond donors (Lipinski definition) is 1. The molecule has 2 aromatic carbocycles. The minimum Gasteiger partial charge on any atom is -0.354 e. The molecule has 0 bridgehead atoms. The van der Waals surface area contributed by atoms with Gasteiger partial charge in [0.15, 0.2) is 5.82 Å². The van der Waals surface area contributed by atoms with Gasteiger partial charge >= 0.3 is 0 Å². The molecule has 1 saturated heterocycles. The molecule has 1 aliphatic heterocycles. The molecule has 2 heterocycles. The largest absolute Gasteiger partial charge is 0.354 e. The normalized spacial score (nSPS) is 16.1. The van der Waals surface area contributed by atoms with Crippen molar-refractivity contribution in [3.05, 3.63) is 71.2 Å². The van der Waals surface area contributed by atoms with Crippen LogP contribution in [0, 0.1) is 5.92 Å². The number of hydrogen-bond acceptors (Lipinski definition) is 4. The van der Waals surface area contributed by atoms with Crippen LogP contribution in [0.15, 0.2) is 60.7 Å². The monoisotopic (exact) mass is 448 g/mol. The molecular formula is C26H29ClN4O. The van der Waals surface area contributed by atoms with Crippen molar-refractivity contribution < 1.29 is 4.79 Å². The van der Waals surface area contributed by atoms with Crippen molar-refractivity contribution in [3.63, 3.8) is 0 Å². The van der Waals surface area contributed by atoms with Crippen LogP contribution in [0.5, 0.6) is 0 Å². The highest BCUT2D eigenvalue weighted by molar-refractivity contribution is 6.30. The molecule has 6 heteroatoms. The number of anilines is 2. The van der Waals surface area contributed by atoms with E-state index in [1.165, 1.54) is 18.4 Å². The molecule has 0 saturated carbocycles. The number of aryl methyl sites for hydroxylation is 1. The van der Waals surface area contributed by atoms with Crippen LogP contribution in [0.1, 0.15) is 38.2 Å². The predicted molar refractivity (Wildman–Crippen MR) is 131 cm³/mol. The van der Waals surface area contributed by atoms with Gasteiger partial charge in [-0.05, 0) is 67.6 Å². The SMILES string of the molecule is CCCCc1ccc(NC(=O)C2CCCN(c3ccc(-c4ccc(Cl)cc4)nn3)C2)cc1. The van der Waals surface area contributed by atoms with E-state index in [0.717, 1.165) is 48.6 Å². The number of amides is 1. The summed E-state index contributed by atoms with van der Waals surface area (Å²) >= 11 is 5.97. The van der Waals surface area contributed by atoms with Gasteiger partial charge in [0.2, 0.25) is 5.91 Å². The number of carbonyl (C=O) groups excluding carboxylic acids is 1. The van der Waals surface area contributed by atoms with Crippen molar-refractivity contribution in [3.8, 4) is 11.3 Å². The quantitative estimate of drug-likeness (QED) is 0.482. The average Bonchev–Trinajstić information content (AvgIpc) is 2.84. The maximum Gasteiger partial charge on any atom is 0.229 e. The number of piperidine rings is 1. The fraction of sp³-hybridized carbons (Fsp3) is 0.346. The average molecular weight is 449 g/mol. The minimum atomic E-state index is -0.0683. The van der Waals surface area contributed by atoms with E-state index in [-0.39, 0.29) is 11.8 Å². The molecule has 4 rings (SSSR count). The Balaban J connectivity index is 1.36. The molecule has 166 valence electrons. The highest BCUT2D eigenvalue weighted by atomic mass is 35.5. The van der Waals surface area contributed by atoms with Crippen LogP contribution in [-0.4, -0.2) is 29.2 Å². The van der Waals surface area contributed by atoms with Gasteiger partial charge in [-0.2, -0.15) is 0 Å². The maximum atomic E-state index is 12.9. The number of nitrogens with one attached hydrogen (secondary N) is 1. The van der Waals surface area contributed by atoms with Crippen LogP contribution in [0.25, 0.3) is 11.3 Å². The number of aromatic nitrogens is 2. The van der Waals surface area contributed by atoms with E-state index in [1.807, 2.05) is 48.5 Å². The molecular weight excluding hydrogens is 420 g/mol. The topological polar surface area (TPSA) is 58.1 Å². The standard InChI is InChI=1S/C26H29ClN4O/c1-2-3-5-19-7-13-23(14-8-19)28-26(32)21-6-4-17-31(18-21)25-16-15-24(29-30-25)20-9-11-22(27)12-10-20/h7-16,21H,2-6,17-18H2,1H3,(H,28,32). The maximum absolute atomic E-state index is 12.9. The van der Waals surface area contributed by atoms with E-state index in [4.69, 9.17) is 11.6 Å². The van der Waals surface area contributed by atoms with Crippen LogP contribution in [0.2, 0.25) is 5.02 Å². The highest BCUT2D eigenvalue weighted by Crippen LogP contribution is 2.25. The third kappa shape index (κ3) is 5.65. The van der Waals surface area contributed by atoms with Gasteiger partial charge in [-0.1, -0.05) is 49.2 Å². The van der Waals surface area contributed by atoms with E-state index >= 15 is 0 Å². The van der Waals surface area contributed by atoms with Crippen molar-refractivity contribution in [2.75, 3.05) is 23.3 Å². The first-order chi connectivity index (χ1) is 15.6. The number of halogens is 1. The second-order valence-electron chi connectivity index (χ2n) is 8.36. The third-order valence-corrected chi connectivity index (χ3v) is 6.20. The summed E-state index contributed by atoms with van der Waals surface area (Å²) in [5.74, 6) is 0.809. The Kier molecular flexibility index (Phi) is 7.38. The lowest BCUT2D eigenvalue weighted by Gasteiger charge is -2.32. The number of unbranched alkanes of at least 4 members (excludes halogenated alkanes) is 1. The summed E-state index contributed by atoms with van der Waals surface area (Å²) in [7, 11) is 0. The zero-order valence-electron chi connectivity index (χ0n) is 18.4. The zero-order chi connectivity index (χ0) is 22.3. The Labute approximate surface area is 194 Å². The molecule has 1 aliphatic rings. The first kappa shape index (κ1) is 22.3. The number of benzene rings is 2. The fourth-order valence-corrected chi connectivity index (χ4v) is 4.17. The summed E-state index contributed by atoms with van der Waals surface area (Å²) in [6.45, 7) is 3.72. The lowest BCUT2D eigenvalue weighted by molar-refractivity contribution is -0.120. The second kappa shape index (κ2) is 10.6. The smallest absolute Gasteiger partial charge is 0.229 e. The van der Waals surface area contributed by atoms with Crippen LogP contribution < -0.4 is 10.2 Å². The first-order valence-electron chi connectivity index (χ1n) is 11.4. The van der Waals surface area contributed by atoms with Crippen LogP contribution >= 0.6 is 11.6 Å². The molecule has 1 amide bonds. The summed E-state index contributed by atoms with van der Waals surface area (Å²) < 4.78 is 0. The van der Waals surface area contributed by atoms with Crippen molar-refractivity contribution in [2.45, 2.75) is 39.0 Å². The Hall–Kier alpha value is -2.92. The van der Waals surface area contributed by atoms with Crippen molar-refractivity contribution in [1.29, 1.82) is 0 Å². The fourth-order valence-electron chi connectivity index (χ4n) is 4.05. The van der Waals surface area contributed by atoms with E-state index in [2.05, 4.69) is 39.5 Å². The molecule has 0 radical (unpaired) electrons. The molecule has 0 aliphatic carbocycles. The molecule has 5 nitrogen and oxygen atoms in total. The number of rotatable bonds is 7. The van der Waals surface area contributed by atoms with E-state index in [9.17, 15) is 4.79 Å². The molecule has 1 aromatic heterocycles. The Morgan fingerprint density at radius 1 is 1.06 bits per heavy atom.